The first-order valence-electron chi connectivity index (χ1n) is 5.90. The summed E-state index contributed by atoms with van der Waals surface area (Å²) in [4.78, 5) is 26.7. The Hall–Kier alpha value is -1.82. The first-order chi connectivity index (χ1) is 8.61. The second-order valence-corrected chi connectivity index (χ2v) is 3.87. The number of nitrogen functional groups attached to an aromatic ring is 1. The Kier molecular flexibility index (Phi) is 8.28. The van der Waals surface area contributed by atoms with E-state index in [0.29, 0.717) is 18.1 Å². The fourth-order valence-electron chi connectivity index (χ4n) is 1.28. The van der Waals surface area contributed by atoms with Gasteiger partial charge < -0.3 is 16.4 Å². The molecule has 106 valence electrons. The lowest BCUT2D eigenvalue weighted by molar-refractivity contribution is -0.124. The van der Waals surface area contributed by atoms with Crippen LogP contribution in [0.1, 0.15) is 26.2 Å². The molecule has 6 nitrogen and oxygen atoms in total. The number of pyridine rings is 1. The maximum absolute atomic E-state index is 11.5. The van der Waals surface area contributed by atoms with Crippen LogP contribution in [0, 0.1) is 0 Å². The molecule has 2 amide bonds. The smallest absolute Gasteiger partial charge is 0.224 e. The SMILES string of the molecule is CCCNC(=O)CCC(=O)Nc1ccc(N)nc1.Cl. The number of anilines is 2. The summed E-state index contributed by atoms with van der Waals surface area (Å²) >= 11 is 0. The van der Waals surface area contributed by atoms with Gasteiger partial charge in [0.05, 0.1) is 11.9 Å². The summed E-state index contributed by atoms with van der Waals surface area (Å²) in [5, 5.41) is 5.35. The molecule has 0 saturated carbocycles. The van der Waals surface area contributed by atoms with Crippen molar-refractivity contribution in [3.63, 3.8) is 0 Å². The molecule has 19 heavy (non-hydrogen) atoms. The molecule has 0 bridgehead atoms. The van der Waals surface area contributed by atoms with Crippen LogP contribution in [-0.4, -0.2) is 23.3 Å². The highest BCUT2D eigenvalue weighted by atomic mass is 35.5. The fourth-order valence-corrected chi connectivity index (χ4v) is 1.28. The third-order valence-electron chi connectivity index (χ3n) is 2.22. The molecule has 0 aromatic carbocycles. The van der Waals surface area contributed by atoms with Crippen LogP contribution in [0.15, 0.2) is 18.3 Å². The van der Waals surface area contributed by atoms with Gasteiger partial charge in [-0.3, -0.25) is 9.59 Å². The number of rotatable bonds is 6. The van der Waals surface area contributed by atoms with Gasteiger partial charge in [-0.05, 0) is 18.6 Å². The normalized spacial score (nSPS) is 9.32. The summed E-state index contributed by atoms with van der Waals surface area (Å²) in [7, 11) is 0. The van der Waals surface area contributed by atoms with Crippen molar-refractivity contribution in [1.29, 1.82) is 0 Å². The zero-order chi connectivity index (χ0) is 13.4. The molecule has 0 aliphatic carbocycles. The van der Waals surface area contributed by atoms with Crippen LogP contribution < -0.4 is 16.4 Å². The molecule has 7 heteroatoms. The monoisotopic (exact) mass is 286 g/mol. The Labute approximate surface area is 118 Å². The zero-order valence-electron chi connectivity index (χ0n) is 10.8. The van der Waals surface area contributed by atoms with Gasteiger partial charge >= 0.3 is 0 Å². The van der Waals surface area contributed by atoms with Gasteiger partial charge in [-0.2, -0.15) is 0 Å². The lowest BCUT2D eigenvalue weighted by Crippen LogP contribution is -2.25. The van der Waals surface area contributed by atoms with Crippen LogP contribution in [-0.2, 0) is 9.59 Å². The molecule has 1 rings (SSSR count). The third-order valence-corrected chi connectivity index (χ3v) is 2.22. The van der Waals surface area contributed by atoms with Crippen LogP contribution in [0.3, 0.4) is 0 Å². The van der Waals surface area contributed by atoms with Gasteiger partial charge in [0.15, 0.2) is 0 Å². The lowest BCUT2D eigenvalue weighted by Gasteiger charge is -2.05. The van der Waals surface area contributed by atoms with E-state index in [0.717, 1.165) is 6.42 Å². The number of amides is 2. The molecule has 0 spiro atoms. The average molecular weight is 287 g/mol. The molecule has 0 aliphatic heterocycles. The van der Waals surface area contributed by atoms with E-state index >= 15 is 0 Å². The van der Waals surface area contributed by atoms with Gasteiger partial charge in [-0.1, -0.05) is 6.92 Å². The molecule has 4 N–H and O–H groups in total. The molecule has 1 aromatic heterocycles. The summed E-state index contributed by atoms with van der Waals surface area (Å²) in [5.41, 5.74) is 6.00. The lowest BCUT2D eigenvalue weighted by atomic mass is 10.2. The maximum atomic E-state index is 11.5. The topological polar surface area (TPSA) is 97.1 Å². The van der Waals surface area contributed by atoms with Crippen molar-refractivity contribution in [3.8, 4) is 0 Å². The van der Waals surface area contributed by atoms with Crippen molar-refractivity contribution in [2.24, 2.45) is 0 Å². The minimum atomic E-state index is -0.215. The van der Waals surface area contributed by atoms with Crippen LogP contribution in [0.4, 0.5) is 11.5 Å². The summed E-state index contributed by atoms with van der Waals surface area (Å²) in [6.45, 7) is 2.61. The Morgan fingerprint density at radius 2 is 1.95 bits per heavy atom. The number of aromatic nitrogens is 1. The van der Waals surface area contributed by atoms with E-state index in [1.807, 2.05) is 6.92 Å². The predicted octanol–water partition coefficient (Wildman–Crippen LogP) is 1.33. The second kappa shape index (κ2) is 9.16. The predicted molar refractivity (Wildman–Crippen MR) is 77.1 cm³/mol. The Morgan fingerprint density at radius 3 is 2.53 bits per heavy atom. The summed E-state index contributed by atoms with van der Waals surface area (Å²) < 4.78 is 0. The first kappa shape index (κ1) is 17.2. The van der Waals surface area contributed by atoms with E-state index in [-0.39, 0.29) is 37.1 Å². The van der Waals surface area contributed by atoms with Gasteiger partial charge in [0.2, 0.25) is 11.8 Å². The van der Waals surface area contributed by atoms with Gasteiger partial charge in [0.1, 0.15) is 5.82 Å². The zero-order valence-corrected chi connectivity index (χ0v) is 11.6. The molecular formula is C12H19ClN4O2. The molecule has 0 saturated heterocycles. The van der Waals surface area contributed by atoms with E-state index in [4.69, 9.17) is 5.73 Å². The largest absolute Gasteiger partial charge is 0.384 e. The minimum absolute atomic E-state index is 0. The minimum Gasteiger partial charge on any atom is -0.384 e. The highest BCUT2D eigenvalue weighted by Gasteiger charge is 2.06. The Bertz CT molecular complexity index is 409. The van der Waals surface area contributed by atoms with Crippen LogP contribution in [0.5, 0.6) is 0 Å². The van der Waals surface area contributed by atoms with Gasteiger partial charge in [0, 0.05) is 19.4 Å². The number of carbonyl (C=O) groups is 2. The number of nitrogens with one attached hydrogen (secondary N) is 2. The van der Waals surface area contributed by atoms with E-state index in [9.17, 15) is 9.59 Å². The molecule has 0 atom stereocenters. The molecule has 1 heterocycles. The van der Waals surface area contributed by atoms with E-state index in [1.165, 1.54) is 6.20 Å². The summed E-state index contributed by atoms with van der Waals surface area (Å²) in [6.07, 6.45) is 2.70. The van der Waals surface area contributed by atoms with Crippen molar-refractivity contribution in [3.05, 3.63) is 18.3 Å². The number of hydrogen-bond donors (Lipinski definition) is 3. The number of nitrogens with zero attached hydrogens (tertiary/aromatic N) is 1. The van der Waals surface area contributed by atoms with Crippen LogP contribution in [0.25, 0.3) is 0 Å². The second-order valence-electron chi connectivity index (χ2n) is 3.87. The average Bonchev–Trinajstić information content (AvgIpc) is 2.36. The van der Waals surface area contributed by atoms with Gasteiger partial charge in [0.25, 0.3) is 0 Å². The number of carbonyl (C=O) groups excluding carboxylic acids is 2. The van der Waals surface area contributed by atoms with Crippen molar-refractivity contribution < 1.29 is 9.59 Å². The third kappa shape index (κ3) is 7.25. The molecule has 0 unspecified atom stereocenters. The Morgan fingerprint density at radius 1 is 1.26 bits per heavy atom. The standard InChI is InChI=1S/C12H18N4O2.ClH/c1-2-7-14-11(17)5-6-12(18)16-9-3-4-10(13)15-8-9;/h3-4,8H,2,5-7H2,1H3,(H2,13,15)(H,14,17)(H,16,18);1H. The molecule has 0 fully saturated rings. The first-order valence-corrected chi connectivity index (χ1v) is 5.90. The van der Waals surface area contributed by atoms with Crippen molar-refractivity contribution in [1.82, 2.24) is 10.3 Å². The molecule has 1 aromatic rings. The Balaban J connectivity index is 0.00000324. The van der Waals surface area contributed by atoms with Crippen LogP contribution >= 0.6 is 12.4 Å². The van der Waals surface area contributed by atoms with Crippen molar-refractivity contribution >= 4 is 35.7 Å². The quantitative estimate of drug-likeness (QED) is 0.735. The maximum Gasteiger partial charge on any atom is 0.224 e. The summed E-state index contributed by atoms with van der Waals surface area (Å²) in [5.74, 6) is 0.0718. The number of nitrogens with two attached hydrogens (primary N) is 1. The highest BCUT2D eigenvalue weighted by molar-refractivity contribution is 5.93. The van der Waals surface area contributed by atoms with Crippen LogP contribution in [0.2, 0.25) is 0 Å². The number of hydrogen-bond acceptors (Lipinski definition) is 4. The number of halogens is 1. The fraction of sp³-hybridized carbons (Fsp3) is 0.417. The highest BCUT2D eigenvalue weighted by Crippen LogP contribution is 2.07. The van der Waals surface area contributed by atoms with Gasteiger partial charge in [-0.15, -0.1) is 12.4 Å². The summed E-state index contributed by atoms with van der Waals surface area (Å²) in [6, 6.07) is 3.26. The van der Waals surface area contributed by atoms with E-state index in [2.05, 4.69) is 15.6 Å². The van der Waals surface area contributed by atoms with Crippen molar-refractivity contribution in [2.75, 3.05) is 17.6 Å². The molecule has 0 aliphatic rings. The van der Waals surface area contributed by atoms with Crippen molar-refractivity contribution in [2.45, 2.75) is 26.2 Å². The molecule has 0 radical (unpaired) electrons. The van der Waals surface area contributed by atoms with E-state index in [1.54, 1.807) is 12.1 Å². The molecular weight excluding hydrogens is 268 g/mol. The van der Waals surface area contributed by atoms with Gasteiger partial charge in [-0.25, -0.2) is 4.98 Å². The van der Waals surface area contributed by atoms with E-state index < -0.39 is 0 Å².